The summed E-state index contributed by atoms with van der Waals surface area (Å²) in [5.41, 5.74) is 7.00. The first kappa shape index (κ1) is 16.5. The molecule has 23 heavy (non-hydrogen) atoms. The van der Waals surface area contributed by atoms with Crippen LogP contribution >= 0.6 is 23.1 Å². The summed E-state index contributed by atoms with van der Waals surface area (Å²) in [5.74, 6) is 1.15. The first-order valence-electron chi connectivity index (χ1n) is 8.06. The molecule has 6 nitrogen and oxygen atoms in total. The van der Waals surface area contributed by atoms with Gasteiger partial charge in [0.25, 0.3) is 0 Å². The Bertz CT molecular complexity index is 594. The molecule has 0 radical (unpaired) electrons. The van der Waals surface area contributed by atoms with Crippen molar-refractivity contribution in [3.63, 3.8) is 0 Å². The Morgan fingerprint density at radius 1 is 1.26 bits per heavy atom. The molecule has 2 aromatic rings. The van der Waals surface area contributed by atoms with Crippen LogP contribution in [-0.4, -0.2) is 39.9 Å². The van der Waals surface area contributed by atoms with Crippen molar-refractivity contribution < 1.29 is 4.74 Å². The molecule has 0 spiro atoms. The van der Waals surface area contributed by atoms with Crippen molar-refractivity contribution >= 4 is 34.7 Å². The molecule has 0 unspecified atom stereocenters. The van der Waals surface area contributed by atoms with Gasteiger partial charge in [0, 0.05) is 18.7 Å². The zero-order chi connectivity index (χ0) is 15.9. The molecule has 3 N–H and O–H groups in total. The Labute approximate surface area is 145 Å². The molecular formula is C15H23N5OS2. The molecule has 1 aliphatic rings. The van der Waals surface area contributed by atoms with Crippen LogP contribution in [0.15, 0.2) is 11.4 Å². The number of thiophene rings is 1. The molecule has 1 aliphatic heterocycles. The Kier molecular flexibility index (Phi) is 6.06. The van der Waals surface area contributed by atoms with Crippen molar-refractivity contribution in [2.24, 2.45) is 0 Å². The van der Waals surface area contributed by atoms with Crippen molar-refractivity contribution in [2.45, 2.75) is 32.2 Å². The number of likely N-dealkylation sites (tertiary alicyclic amines) is 1. The van der Waals surface area contributed by atoms with Gasteiger partial charge in [0.05, 0.1) is 18.3 Å². The molecule has 126 valence electrons. The highest BCUT2D eigenvalue weighted by atomic mass is 32.1. The number of nitrogens with two attached hydrogens (primary N) is 1. The van der Waals surface area contributed by atoms with Gasteiger partial charge in [-0.1, -0.05) is 6.42 Å². The highest BCUT2D eigenvalue weighted by molar-refractivity contribution is 7.12. The Morgan fingerprint density at radius 3 is 2.91 bits per heavy atom. The zero-order valence-corrected chi connectivity index (χ0v) is 14.8. The molecule has 2 aromatic heterocycles. The quantitative estimate of drug-likeness (QED) is 0.711. The van der Waals surface area contributed by atoms with Crippen LogP contribution in [-0.2, 0) is 6.54 Å². The fourth-order valence-corrected chi connectivity index (χ4v) is 3.93. The van der Waals surface area contributed by atoms with E-state index in [1.165, 1.54) is 37.9 Å². The third-order valence-electron chi connectivity index (χ3n) is 3.91. The normalized spacial score (nSPS) is 15.7. The van der Waals surface area contributed by atoms with Crippen LogP contribution in [0.2, 0.25) is 0 Å². The molecule has 0 aromatic carbocycles. The maximum absolute atomic E-state index is 5.96. The number of piperidine rings is 1. The van der Waals surface area contributed by atoms with Crippen LogP contribution < -0.4 is 15.8 Å². The Hall–Kier alpha value is -1.38. The molecule has 0 bridgehead atoms. The van der Waals surface area contributed by atoms with Gasteiger partial charge < -0.3 is 15.8 Å². The summed E-state index contributed by atoms with van der Waals surface area (Å²) < 4.78 is 14.0. The van der Waals surface area contributed by atoms with E-state index in [0.29, 0.717) is 18.2 Å². The third-order valence-corrected chi connectivity index (χ3v) is 5.32. The number of nitrogen functional groups attached to an aromatic ring is 1. The van der Waals surface area contributed by atoms with E-state index in [0.717, 1.165) is 36.3 Å². The SMILES string of the molecule is Nc1nsnc1NCCCOc1sccc1CN1CCCCC1. The number of nitrogens with one attached hydrogen (secondary N) is 1. The van der Waals surface area contributed by atoms with Crippen molar-refractivity contribution in [1.82, 2.24) is 13.6 Å². The fourth-order valence-electron chi connectivity index (χ4n) is 2.69. The van der Waals surface area contributed by atoms with Gasteiger partial charge in [0.15, 0.2) is 16.7 Å². The monoisotopic (exact) mass is 353 g/mol. The maximum atomic E-state index is 5.96. The highest BCUT2D eigenvalue weighted by Gasteiger charge is 2.14. The van der Waals surface area contributed by atoms with E-state index in [1.54, 1.807) is 11.3 Å². The first-order valence-corrected chi connectivity index (χ1v) is 9.67. The summed E-state index contributed by atoms with van der Waals surface area (Å²) in [4.78, 5) is 2.53. The minimum atomic E-state index is 0.470. The predicted octanol–water partition coefficient (Wildman–Crippen LogP) is 3.05. The van der Waals surface area contributed by atoms with E-state index in [2.05, 4.69) is 30.4 Å². The molecule has 1 fully saturated rings. The minimum absolute atomic E-state index is 0.470. The molecule has 8 heteroatoms. The standard InChI is InChI=1S/C15H23N5OS2/c16-13-14(19-23-18-13)17-6-4-9-21-15-12(5-10-22-15)11-20-7-2-1-3-8-20/h5,10H,1-4,6-9,11H2,(H2,16,18)(H,17,19). The van der Waals surface area contributed by atoms with E-state index in [4.69, 9.17) is 10.5 Å². The number of nitrogens with zero attached hydrogens (tertiary/aromatic N) is 3. The summed E-state index contributed by atoms with van der Waals surface area (Å²) in [7, 11) is 0. The molecule has 0 amide bonds. The molecule has 0 atom stereocenters. The summed E-state index contributed by atoms with van der Waals surface area (Å²) >= 11 is 2.81. The molecule has 3 heterocycles. The van der Waals surface area contributed by atoms with Crippen molar-refractivity contribution in [3.8, 4) is 5.06 Å². The number of aromatic nitrogens is 2. The predicted molar refractivity (Wildman–Crippen MR) is 96.4 cm³/mol. The number of hydrogen-bond acceptors (Lipinski definition) is 8. The van der Waals surface area contributed by atoms with Gasteiger partial charge in [-0.25, -0.2) is 0 Å². The van der Waals surface area contributed by atoms with Gasteiger partial charge in [-0.15, -0.1) is 11.3 Å². The fraction of sp³-hybridized carbons (Fsp3) is 0.600. The highest BCUT2D eigenvalue weighted by Crippen LogP contribution is 2.28. The second kappa shape index (κ2) is 8.47. The van der Waals surface area contributed by atoms with Crippen LogP contribution in [0, 0.1) is 0 Å². The average Bonchev–Trinajstić information content (AvgIpc) is 3.18. The zero-order valence-electron chi connectivity index (χ0n) is 13.2. The summed E-state index contributed by atoms with van der Waals surface area (Å²) in [6, 6.07) is 2.19. The van der Waals surface area contributed by atoms with Gasteiger partial charge in [-0.2, -0.15) is 8.75 Å². The number of ether oxygens (including phenoxy) is 1. The van der Waals surface area contributed by atoms with Crippen LogP contribution in [0.3, 0.4) is 0 Å². The first-order chi connectivity index (χ1) is 11.3. The van der Waals surface area contributed by atoms with E-state index >= 15 is 0 Å². The number of hydrogen-bond donors (Lipinski definition) is 2. The molecule has 0 aliphatic carbocycles. The van der Waals surface area contributed by atoms with E-state index < -0.39 is 0 Å². The lowest BCUT2D eigenvalue weighted by Gasteiger charge is -2.26. The second-order valence-electron chi connectivity index (χ2n) is 5.70. The van der Waals surface area contributed by atoms with Gasteiger partial charge in [0.1, 0.15) is 0 Å². The topological polar surface area (TPSA) is 76.3 Å². The largest absolute Gasteiger partial charge is 0.484 e. The Balaban J connectivity index is 1.38. The summed E-state index contributed by atoms with van der Waals surface area (Å²) in [5, 5.41) is 6.36. The molecule has 0 saturated carbocycles. The smallest absolute Gasteiger partial charge is 0.184 e. The van der Waals surface area contributed by atoms with Crippen molar-refractivity contribution in [1.29, 1.82) is 0 Å². The van der Waals surface area contributed by atoms with Gasteiger partial charge in [-0.3, -0.25) is 4.90 Å². The lowest BCUT2D eigenvalue weighted by atomic mass is 10.1. The van der Waals surface area contributed by atoms with Crippen molar-refractivity contribution in [3.05, 3.63) is 17.0 Å². The van der Waals surface area contributed by atoms with E-state index in [-0.39, 0.29) is 0 Å². The molecular weight excluding hydrogens is 330 g/mol. The second-order valence-corrected chi connectivity index (χ2v) is 7.10. The Morgan fingerprint density at radius 2 is 2.13 bits per heavy atom. The lowest BCUT2D eigenvalue weighted by molar-refractivity contribution is 0.217. The summed E-state index contributed by atoms with van der Waals surface area (Å²) in [6.07, 6.45) is 4.91. The molecule has 3 rings (SSSR count). The lowest BCUT2D eigenvalue weighted by Crippen LogP contribution is -2.29. The third kappa shape index (κ3) is 4.79. The van der Waals surface area contributed by atoms with Gasteiger partial charge in [-0.05, 0) is 43.8 Å². The van der Waals surface area contributed by atoms with Gasteiger partial charge in [0.2, 0.25) is 0 Å². The maximum Gasteiger partial charge on any atom is 0.184 e. The number of rotatable bonds is 8. The van der Waals surface area contributed by atoms with Crippen molar-refractivity contribution in [2.75, 3.05) is 37.3 Å². The molecule has 1 saturated heterocycles. The van der Waals surface area contributed by atoms with E-state index in [1.807, 2.05) is 0 Å². The van der Waals surface area contributed by atoms with Crippen LogP contribution in [0.1, 0.15) is 31.2 Å². The van der Waals surface area contributed by atoms with Crippen LogP contribution in [0.5, 0.6) is 5.06 Å². The van der Waals surface area contributed by atoms with Crippen LogP contribution in [0.4, 0.5) is 11.6 Å². The van der Waals surface area contributed by atoms with E-state index in [9.17, 15) is 0 Å². The van der Waals surface area contributed by atoms with Gasteiger partial charge >= 0.3 is 0 Å². The van der Waals surface area contributed by atoms with Crippen LogP contribution in [0.25, 0.3) is 0 Å². The minimum Gasteiger partial charge on any atom is -0.484 e. The summed E-state index contributed by atoms with van der Waals surface area (Å²) in [6.45, 7) is 4.91. The average molecular weight is 354 g/mol. The number of anilines is 2.